The molecule has 0 saturated heterocycles. The average Bonchev–Trinajstić information content (AvgIpc) is 3.45. The zero-order valence-corrected chi connectivity index (χ0v) is 19.1. The van der Waals surface area contributed by atoms with Crippen molar-refractivity contribution in [3.63, 3.8) is 0 Å². The molecule has 1 aromatic rings. The summed E-state index contributed by atoms with van der Waals surface area (Å²) in [7, 11) is 0. The number of aromatic nitrogens is 2. The number of rotatable bonds is 7. The van der Waals surface area contributed by atoms with Gasteiger partial charge in [-0.3, -0.25) is 4.79 Å². The number of carbonyl (C=O) groups is 1. The molecule has 1 amide bonds. The third-order valence-corrected chi connectivity index (χ3v) is 6.61. The Morgan fingerprint density at radius 3 is 2.61 bits per heavy atom. The van der Waals surface area contributed by atoms with E-state index in [4.69, 9.17) is 4.74 Å². The quantitative estimate of drug-likeness (QED) is 0.411. The molecule has 0 spiro atoms. The lowest BCUT2D eigenvalue weighted by Gasteiger charge is -2.32. The maximum atomic E-state index is 13.6. The molecule has 2 heterocycles. The third kappa shape index (κ3) is 4.50. The van der Waals surface area contributed by atoms with E-state index in [-0.39, 0.29) is 17.6 Å². The first-order chi connectivity index (χ1) is 14.8. The van der Waals surface area contributed by atoms with Gasteiger partial charge >= 0.3 is 0 Å². The van der Waals surface area contributed by atoms with E-state index in [2.05, 4.69) is 33.9 Å². The molecule has 1 aromatic heterocycles. The predicted octanol–water partition coefficient (Wildman–Crippen LogP) is 3.70. The van der Waals surface area contributed by atoms with Gasteiger partial charge in [-0.2, -0.15) is 0 Å². The van der Waals surface area contributed by atoms with E-state index >= 15 is 0 Å². The van der Waals surface area contributed by atoms with Crippen LogP contribution in [0.3, 0.4) is 0 Å². The molecule has 0 atom stereocenters. The van der Waals surface area contributed by atoms with Gasteiger partial charge in [0.25, 0.3) is 5.91 Å². The number of allylic oxidation sites excluding steroid dienone is 1. The second-order valence-corrected chi connectivity index (χ2v) is 9.44. The van der Waals surface area contributed by atoms with Crippen molar-refractivity contribution in [2.75, 3.05) is 6.54 Å². The third-order valence-electron chi connectivity index (χ3n) is 6.61. The minimum Gasteiger partial charge on any atom is -0.474 e. The first kappa shape index (κ1) is 21.5. The molecule has 2 saturated carbocycles. The van der Waals surface area contributed by atoms with Crippen LogP contribution in [0, 0.1) is 0 Å². The minimum absolute atomic E-state index is 0.00660. The number of hydrogen-bond acceptors (Lipinski definition) is 6. The molecule has 0 radical (unpaired) electrons. The summed E-state index contributed by atoms with van der Waals surface area (Å²) in [5.74, 6) is 1.40. The van der Waals surface area contributed by atoms with Gasteiger partial charge in [0, 0.05) is 28.8 Å². The number of ether oxygens (including phenoxy) is 1. The summed E-state index contributed by atoms with van der Waals surface area (Å²) in [6, 6.07) is 0. The Labute approximate surface area is 184 Å². The number of hydrogen-bond donors (Lipinski definition) is 1. The van der Waals surface area contributed by atoms with E-state index in [0.29, 0.717) is 36.8 Å². The monoisotopic (exact) mass is 423 g/mol. The molecule has 2 aliphatic carbocycles. The molecule has 7 nitrogen and oxygen atoms in total. The van der Waals surface area contributed by atoms with Crippen molar-refractivity contribution in [3.05, 3.63) is 40.1 Å². The molecule has 0 aromatic carbocycles. The lowest BCUT2D eigenvalue weighted by Crippen LogP contribution is -2.39. The lowest BCUT2D eigenvalue weighted by atomic mass is 9.96. The van der Waals surface area contributed by atoms with Crippen LogP contribution in [-0.2, 0) is 17.8 Å². The van der Waals surface area contributed by atoms with Crippen LogP contribution in [0.15, 0.2) is 33.9 Å². The van der Waals surface area contributed by atoms with Crippen LogP contribution in [0.25, 0.3) is 0 Å². The number of amides is 1. The van der Waals surface area contributed by atoms with Crippen LogP contribution in [0.4, 0.5) is 0 Å². The van der Waals surface area contributed by atoms with Gasteiger partial charge in [0.05, 0.1) is 12.2 Å². The van der Waals surface area contributed by atoms with Crippen molar-refractivity contribution in [3.8, 4) is 5.88 Å². The molecular formula is C24H33N5O2. The van der Waals surface area contributed by atoms with Crippen LogP contribution < -0.4 is 10.1 Å². The minimum atomic E-state index is 0.00660. The Morgan fingerprint density at radius 1 is 1.29 bits per heavy atom. The Kier molecular flexibility index (Phi) is 5.86. The van der Waals surface area contributed by atoms with Crippen LogP contribution in [0.1, 0.15) is 71.1 Å². The summed E-state index contributed by atoms with van der Waals surface area (Å²) in [4.78, 5) is 28.5. The number of carbonyl (C=O) groups excluding carboxylic acids is 1. The van der Waals surface area contributed by atoms with Gasteiger partial charge in [0.2, 0.25) is 5.88 Å². The smallest absolute Gasteiger partial charge is 0.254 e. The molecule has 3 aliphatic rings. The van der Waals surface area contributed by atoms with E-state index in [1.165, 1.54) is 6.42 Å². The molecule has 1 N–H and O–H groups in total. The molecule has 2 fully saturated rings. The summed E-state index contributed by atoms with van der Waals surface area (Å²) in [5, 5.41) is 3.47. The van der Waals surface area contributed by atoms with E-state index in [1.807, 2.05) is 25.7 Å². The number of aliphatic imine (C=N–C) groups is 1. The molecule has 1 aliphatic heterocycles. The second kappa shape index (κ2) is 8.44. The molecule has 0 unspecified atom stereocenters. The summed E-state index contributed by atoms with van der Waals surface area (Å²) < 4.78 is 6.07. The van der Waals surface area contributed by atoms with Gasteiger partial charge in [-0.15, -0.1) is 0 Å². The topological polar surface area (TPSA) is 79.7 Å². The van der Waals surface area contributed by atoms with Crippen molar-refractivity contribution in [1.82, 2.24) is 20.2 Å². The fourth-order valence-electron chi connectivity index (χ4n) is 4.12. The van der Waals surface area contributed by atoms with Crippen molar-refractivity contribution >= 4 is 12.6 Å². The highest BCUT2D eigenvalue weighted by Crippen LogP contribution is 2.36. The molecule has 166 valence electrons. The highest BCUT2D eigenvalue weighted by atomic mass is 16.5. The van der Waals surface area contributed by atoms with Gasteiger partial charge < -0.3 is 15.0 Å². The average molecular weight is 424 g/mol. The van der Waals surface area contributed by atoms with Crippen molar-refractivity contribution in [2.24, 2.45) is 4.99 Å². The van der Waals surface area contributed by atoms with Crippen LogP contribution >= 0.6 is 0 Å². The van der Waals surface area contributed by atoms with E-state index < -0.39 is 0 Å². The summed E-state index contributed by atoms with van der Waals surface area (Å²) in [6.07, 6.45) is 8.12. The standard InChI is InChI=1S/C24H33N5O2/c1-15(2)20(16(3)21(25-5)28-24(4)10-11-24)23(30)29-12-9-18-19(13-29)26-14-27-22(18)31-17-7-6-8-17/h14,17,28H,5-13H2,1-4H3/b21-16-. The largest absolute Gasteiger partial charge is 0.474 e. The first-order valence-corrected chi connectivity index (χ1v) is 11.2. The van der Waals surface area contributed by atoms with Gasteiger partial charge in [-0.25, -0.2) is 15.0 Å². The number of nitrogens with one attached hydrogen (secondary N) is 1. The Morgan fingerprint density at radius 2 is 2.03 bits per heavy atom. The first-order valence-electron chi connectivity index (χ1n) is 11.2. The highest BCUT2D eigenvalue weighted by Gasteiger charge is 2.38. The molecule has 4 rings (SSSR count). The fourth-order valence-corrected chi connectivity index (χ4v) is 4.12. The Balaban J connectivity index is 1.55. The number of nitrogens with zero attached hydrogens (tertiary/aromatic N) is 4. The Bertz CT molecular complexity index is 953. The van der Waals surface area contributed by atoms with Gasteiger partial charge in [-0.05, 0) is 72.9 Å². The zero-order valence-electron chi connectivity index (χ0n) is 19.1. The maximum Gasteiger partial charge on any atom is 0.254 e. The lowest BCUT2D eigenvalue weighted by molar-refractivity contribution is -0.127. The SMILES string of the molecule is C=N/C(NC1(C)CC1)=C(\C)C(C(=O)N1CCc2c(ncnc2OC2CCC2)C1)=C(C)C. The van der Waals surface area contributed by atoms with Gasteiger partial charge in [0.1, 0.15) is 18.3 Å². The zero-order chi connectivity index (χ0) is 22.2. The molecule has 31 heavy (non-hydrogen) atoms. The summed E-state index contributed by atoms with van der Waals surface area (Å²) in [5.41, 5.74) is 4.49. The van der Waals surface area contributed by atoms with Gasteiger partial charge in [-0.1, -0.05) is 5.57 Å². The van der Waals surface area contributed by atoms with Gasteiger partial charge in [0.15, 0.2) is 0 Å². The van der Waals surface area contributed by atoms with Crippen molar-refractivity contribution in [1.29, 1.82) is 0 Å². The fraction of sp³-hybridized carbons (Fsp3) is 0.583. The molecule has 0 bridgehead atoms. The normalized spacial score (nSPS) is 20.1. The molecular weight excluding hydrogens is 390 g/mol. The van der Waals surface area contributed by atoms with Crippen LogP contribution in [0.2, 0.25) is 0 Å². The maximum absolute atomic E-state index is 13.6. The van der Waals surface area contributed by atoms with Crippen molar-refractivity contribution in [2.45, 2.75) is 84.4 Å². The second-order valence-electron chi connectivity index (χ2n) is 9.44. The molecule has 7 heteroatoms. The Hall–Kier alpha value is -2.70. The number of fused-ring (bicyclic) bond motifs is 1. The summed E-state index contributed by atoms with van der Waals surface area (Å²) >= 11 is 0. The van der Waals surface area contributed by atoms with Crippen LogP contribution in [0.5, 0.6) is 5.88 Å². The highest BCUT2D eigenvalue weighted by molar-refractivity contribution is 5.98. The van der Waals surface area contributed by atoms with E-state index in [0.717, 1.165) is 48.1 Å². The summed E-state index contributed by atoms with van der Waals surface area (Å²) in [6.45, 7) is 12.9. The van der Waals surface area contributed by atoms with Crippen LogP contribution in [-0.4, -0.2) is 45.7 Å². The van der Waals surface area contributed by atoms with E-state index in [1.54, 1.807) is 6.33 Å². The predicted molar refractivity (Wildman–Crippen MR) is 121 cm³/mol. The van der Waals surface area contributed by atoms with E-state index in [9.17, 15) is 4.79 Å². The van der Waals surface area contributed by atoms with Crippen molar-refractivity contribution < 1.29 is 9.53 Å².